The zero-order valence-electron chi connectivity index (χ0n) is 11.4. The molecule has 1 saturated heterocycles. The van der Waals surface area contributed by atoms with Crippen LogP contribution in [-0.2, 0) is 0 Å². The normalized spacial score (nSPS) is 26.5. The van der Waals surface area contributed by atoms with Gasteiger partial charge in [-0.1, -0.05) is 19.8 Å². The van der Waals surface area contributed by atoms with Gasteiger partial charge in [-0.15, -0.1) is 0 Å². The van der Waals surface area contributed by atoms with Crippen LogP contribution in [0.25, 0.3) is 0 Å². The van der Waals surface area contributed by atoms with Crippen LogP contribution >= 0.6 is 0 Å². The first kappa shape index (κ1) is 13.3. The average Bonchev–Trinajstić information content (AvgIpc) is 2.84. The lowest BCUT2D eigenvalue weighted by Gasteiger charge is -2.39. The molecule has 1 unspecified atom stereocenters. The van der Waals surface area contributed by atoms with Gasteiger partial charge in [0.15, 0.2) is 0 Å². The van der Waals surface area contributed by atoms with E-state index in [1.165, 1.54) is 64.8 Å². The van der Waals surface area contributed by atoms with Gasteiger partial charge in [-0.3, -0.25) is 4.90 Å². The van der Waals surface area contributed by atoms with Crippen molar-refractivity contribution in [3.8, 4) is 0 Å². The highest BCUT2D eigenvalue weighted by molar-refractivity contribution is 4.82. The maximum atomic E-state index is 5.61. The van der Waals surface area contributed by atoms with Gasteiger partial charge >= 0.3 is 0 Å². The van der Waals surface area contributed by atoms with Gasteiger partial charge in [0.05, 0.1) is 0 Å². The molecule has 0 aromatic heterocycles. The minimum atomic E-state index is 0.762. The van der Waals surface area contributed by atoms with Gasteiger partial charge in [-0.05, 0) is 31.7 Å². The summed E-state index contributed by atoms with van der Waals surface area (Å²) in [6, 6.07) is 0.915. The first-order chi connectivity index (χ1) is 8.29. The quantitative estimate of drug-likeness (QED) is 0.790. The first-order valence-corrected chi connectivity index (χ1v) is 7.46. The number of piperazine rings is 1. The Kier molecular flexibility index (Phi) is 5.26. The number of nitrogens with zero attached hydrogens (tertiary/aromatic N) is 2. The molecule has 0 spiro atoms. The van der Waals surface area contributed by atoms with E-state index in [4.69, 9.17) is 5.73 Å². The smallest absolute Gasteiger partial charge is 0.0113 e. The van der Waals surface area contributed by atoms with Gasteiger partial charge in [0.25, 0.3) is 0 Å². The topological polar surface area (TPSA) is 32.5 Å². The molecule has 0 aromatic rings. The third-order valence-corrected chi connectivity index (χ3v) is 4.48. The predicted octanol–water partition coefficient (Wildman–Crippen LogP) is 1.53. The van der Waals surface area contributed by atoms with Crippen LogP contribution in [0, 0.1) is 5.92 Å². The summed E-state index contributed by atoms with van der Waals surface area (Å²) in [5.41, 5.74) is 5.61. The van der Waals surface area contributed by atoms with Crippen LogP contribution in [0.4, 0.5) is 0 Å². The van der Waals surface area contributed by atoms with E-state index >= 15 is 0 Å². The molecule has 1 saturated carbocycles. The number of hydrogen-bond acceptors (Lipinski definition) is 3. The molecule has 3 nitrogen and oxygen atoms in total. The Bertz CT molecular complexity index is 206. The van der Waals surface area contributed by atoms with Crippen molar-refractivity contribution in [1.29, 1.82) is 0 Å². The summed E-state index contributed by atoms with van der Waals surface area (Å²) < 4.78 is 0. The molecule has 2 N–H and O–H groups in total. The predicted molar refractivity (Wildman–Crippen MR) is 73.1 cm³/mol. The molecule has 17 heavy (non-hydrogen) atoms. The van der Waals surface area contributed by atoms with E-state index in [0.29, 0.717) is 0 Å². The van der Waals surface area contributed by atoms with Crippen LogP contribution in [0.15, 0.2) is 0 Å². The van der Waals surface area contributed by atoms with Crippen molar-refractivity contribution in [3.05, 3.63) is 0 Å². The van der Waals surface area contributed by atoms with Crippen LogP contribution in [0.2, 0.25) is 0 Å². The number of nitrogens with two attached hydrogens (primary N) is 1. The van der Waals surface area contributed by atoms with E-state index in [-0.39, 0.29) is 0 Å². The van der Waals surface area contributed by atoms with Gasteiger partial charge < -0.3 is 10.6 Å². The fourth-order valence-electron chi connectivity index (χ4n) is 3.40. The molecule has 100 valence electrons. The zero-order chi connectivity index (χ0) is 12.1. The third kappa shape index (κ3) is 3.94. The molecule has 3 heteroatoms. The molecule has 0 amide bonds. The summed E-state index contributed by atoms with van der Waals surface area (Å²) in [7, 11) is 0. The molecule has 2 aliphatic rings. The standard InChI is InChI=1S/C14H29N3/c1-13(6-7-15)12-16-8-10-17(11-9-16)14-4-2-3-5-14/h13-14H,2-12,15H2,1H3. The lowest BCUT2D eigenvalue weighted by atomic mass is 10.1. The lowest BCUT2D eigenvalue weighted by molar-refractivity contribution is 0.0886. The van der Waals surface area contributed by atoms with Crippen molar-refractivity contribution in [3.63, 3.8) is 0 Å². The van der Waals surface area contributed by atoms with Crippen LogP contribution in [0.3, 0.4) is 0 Å². The van der Waals surface area contributed by atoms with E-state index in [1.54, 1.807) is 0 Å². The molecule has 2 fully saturated rings. The maximum Gasteiger partial charge on any atom is 0.0113 e. The van der Waals surface area contributed by atoms with E-state index in [2.05, 4.69) is 16.7 Å². The van der Waals surface area contributed by atoms with E-state index in [9.17, 15) is 0 Å². The molecule has 2 rings (SSSR count). The lowest BCUT2D eigenvalue weighted by Crippen LogP contribution is -2.50. The second kappa shape index (κ2) is 6.72. The Labute approximate surface area is 106 Å². The van der Waals surface area contributed by atoms with Crippen molar-refractivity contribution >= 4 is 0 Å². The Morgan fingerprint density at radius 1 is 1.12 bits per heavy atom. The monoisotopic (exact) mass is 239 g/mol. The Hall–Kier alpha value is -0.120. The summed E-state index contributed by atoms with van der Waals surface area (Å²) >= 11 is 0. The largest absolute Gasteiger partial charge is 0.330 e. The molecule has 0 aromatic carbocycles. The summed E-state index contributed by atoms with van der Waals surface area (Å²) in [6.45, 7) is 9.53. The van der Waals surface area contributed by atoms with E-state index in [0.717, 1.165) is 18.5 Å². The minimum absolute atomic E-state index is 0.762. The van der Waals surface area contributed by atoms with E-state index in [1.807, 2.05) is 0 Å². The Morgan fingerprint density at radius 3 is 2.35 bits per heavy atom. The van der Waals surface area contributed by atoms with Gasteiger partial charge in [0, 0.05) is 38.8 Å². The molecule has 1 atom stereocenters. The minimum Gasteiger partial charge on any atom is -0.330 e. The fraction of sp³-hybridized carbons (Fsp3) is 1.00. The van der Waals surface area contributed by atoms with Crippen molar-refractivity contribution in [2.75, 3.05) is 39.3 Å². The molecule has 1 heterocycles. The van der Waals surface area contributed by atoms with Gasteiger partial charge in [-0.25, -0.2) is 0 Å². The molecular formula is C14H29N3. The second-order valence-electron chi connectivity index (χ2n) is 5.96. The van der Waals surface area contributed by atoms with Gasteiger partial charge in [-0.2, -0.15) is 0 Å². The summed E-state index contributed by atoms with van der Waals surface area (Å²) in [4.78, 5) is 5.36. The number of hydrogen-bond donors (Lipinski definition) is 1. The molecule has 1 aliphatic carbocycles. The van der Waals surface area contributed by atoms with Crippen LogP contribution in [0.1, 0.15) is 39.0 Å². The average molecular weight is 239 g/mol. The SMILES string of the molecule is CC(CCN)CN1CCN(C2CCCC2)CC1. The molecule has 0 radical (unpaired) electrons. The van der Waals surface area contributed by atoms with Crippen molar-refractivity contribution in [1.82, 2.24) is 9.80 Å². The zero-order valence-corrected chi connectivity index (χ0v) is 11.4. The highest BCUT2D eigenvalue weighted by Gasteiger charge is 2.26. The van der Waals surface area contributed by atoms with Gasteiger partial charge in [0.1, 0.15) is 0 Å². The van der Waals surface area contributed by atoms with Crippen molar-refractivity contribution in [2.45, 2.75) is 45.1 Å². The first-order valence-electron chi connectivity index (χ1n) is 7.46. The Balaban J connectivity index is 1.66. The highest BCUT2D eigenvalue weighted by Crippen LogP contribution is 2.24. The fourth-order valence-corrected chi connectivity index (χ4v) is 3.40. The summed E-state index contributed by atoms with van der Waals surface area (Å²) in [5.74, 6) is 0.762. The second-order valence-corrected chi connectivity index (χ2v) is 5.96. The van der Waals surface area contributed by atoms with Gasteiger partial charge in [0.2, 0.25) is 0 Å². The van der Waals surface area contributed by atoms with Crippen LogP contribution < -0.4 is 5.73 Å². The van der Waals surface area contributed by atoms with Crippen molar-refractivity contribution < 1.29 is 0 Å². The summed E-state index contributed by atoms with van der Waals surface area (Å²) in [6.07, 6.45) is 6.98. The van der Waals surface area contributed by atoms with Crippen LogP contribution in [-0.4, -0.2) is 55.1 Å². The molecule has 0 bridgehead atoms. The van der Waals surface area contributed by atoms with Crippen molar-refractivity contribution in [2.24, 2.45) is 11.7 Å². The molecular weight excluding hydrogens is 210 g/mol. The third-order valence-electron chi connectivity index (χ3n) is 4.48. The summed E-state index contributed by atoms with van der Waals surface area (Å²) in [5, 5.41) is 0. The highest BCUT2D eigenvalue weighted by atomic mass is 15.3. The molecule has 1 aliphatic heterocycles. The Morgan fingerprint density at radius 2 is 1.76 bits per heavy atom. The number of rotatable bonds is 5. The van der Waals surface area contributed by atoms with E-state index < -0.39 is 0 Å². The van der Waals surface area contributed by atoms with Crippen LogP contribution in [0.5, 0.6) is 0 Å². The maximum absolute atomic E-state index is 5.61.